The molecule has 114 valence electrons. The predicted octanol–water partition coefficient (Wildman–Crippen LogP) is 2.08. The number of esters is 2. The molecule has 0 bridgehead atoms. The van der Waals surface area contributed by atoms with E-state index in [1.54, 1.807) is 0 Å². The molecule has 2 aromatic rings. The fraction of sp³-hybridized carbons (Fsp3) is 0.125. The number of methoxy groups -OCH3 is 1. The molecule has 0 aliphatic rings. The van der Waals surface area contributed by atoms with Crippen molar-refractivity contribution < 1.29 is 23.9 Å². The van der Waals surface area contributed by atoms with Crippen molar-refractivity contribution in [1.29, 1.82) is 0 Å². The summed E-state index contributed by atoms with van der Waals surface area (Å²) in [5.41, 5.74) is 1.23. The van der Waals surface area contributed by atoms with Crippen LogP contribution in [0.2, 0.25) is 0 Å². The zero-order valence-corrected chi connectivity index (χ0v) is 11.9. The van der Waals surface area contributed by atoms with Crippen molar-refractivity contribution in [1.82, 2.24) is 0 Å². The number of ether oxygens (including phenoxy) is 2. The molecule has 0 spiro atoms. The lowest BCUT2D eigenvalue weighted by molar-refractivity contribution is 0.0470. The minimum Gasteiger partial charge on any atom is -0.465 e. The highest BCUT2D eigenvalue weighted by atomic mass is 16.6. The van der Waals surface area contributed by atoms with Gasteiger partial charge < -0.3 is 14.3 Å². The molecule has 0 saturated heterocycles. The number of hydrogen-bond donors (Lipinski definition) is 1. The SMILES string of the molecule is COC(=O)c1ccc(C(=O)OCc2ccccc2)cc1ON. The average Bonchev–Trinajstić information content (AvgIpc) is 2.59. The lowest BCUT2D eigenvalue weighted by Gasteiger charge is -2.09. The number of benzene rings is 2. The van der Waals surface area contributed by atoms with Gasteiger partial charge in [-0.2, -0.15) is 5.90 Å². The van der Waals surface area contributed by atoms with Crippen molar-refractivity contribution >= 4 is 11.9 Å². The van der Waals surface area contributed by atoms with Gasteiger partial charge in [-0.15, -0.1) is 0 Å². The first-order valence-corrected chi connectivity index (χ1v) is 6.46. The molecule has 0 fully saturated rings. The molecule has 0 saturated carbocycles. The average molecular weight is 301 g/mol. The molecule has 22 heavy (non-hydrogen) atoms. The minimum atomic E-state index is -0.607. The number of carbonyl (C=O) groups excluding carboxylic acids is 2. The zero-order valence-electron chi connectivity index (χ0n) is 11.9. The van der Waals surface area contributed by atoms with E-state index in [1.807, 2.05) is 30.3 Å². The van der Waals surface area contributed by atoms with Gasteiger partial charge in [0.05, 0.1) is 12.7 Å². The Morgan fingerprint density at radius 2 is 1.77 bits per heavy atom. The van der Waals surface area contributed by atoms with Gasteiger partial charge in [-0.1, -0.05) is 30.3 Å². The highest BCUT2D eigenvalue weighted by Crippen LogP contribution is 2.21. The van der Waals surface area contributed by atoms with Crippen molar-refractivity contribution in [3.05, 3.63) is 65.2 Å². The van der Waals surface area contributed by atoms with Gasteiger partial charge in [-0.05, 0) is 23.8 Å². The first-order valence-electron chi connectivity index (χ1n) is 6.46. The van der Waals surface area contributed by atoms with Crippen LogP contribution in [0.4, 0.5) is 0 Å². The number of hydrogen-bond acceptors (Lipinski definition) is 6. The summed E-state index contributed by atoms with van der Waals surface area (Å²) in [6.07, 6.45) is 0. The molecule has 6 nitrogen and oxygen atoms in total. The van der Waals surface area contributed by atoms with Crippen LogP contribution in [0.25, 0.3) is 0 Å². The lowest BCUT2D eigenvalue weighted by atomic mass is 10.1. The van der Waals surface area contributed by atoms with Crippen molar-refractivity contribution in [2.24, 2.45) is 5.90 Å². The monoisotopic (exact) mass is 301 g/mol. The quantitative estimate of drug-likeness (QED) is 0.672. The second kappa shape index (κ2) is 7.24. The van der Waals surface area contributed by atoms with Gasteiger partial charge in [0.1, 0.15) is 12.2 Å². The summed E-state index contributed by atoms with van der Waals surface area (Å²) in [5.74, 6) is 4.01. The Hall–Kier alpha value is -2.86. The molecular formula is C16H15NO5. The second-order valence-electron chi connectivity index (χ2n) is 4.38. The Labute approximate surface area is 127 Å². The normalized spacial score (nSPS) is 9.91. The van der Waals surface area contributed by atoms with E-state index in [-0.39, 0.29) is 23.5 Å². The summed E-state index contributed by atoms with van der Waals surface area (Å²) in [6.45, 7) is 0.150. The summed E-state index contributed by atoms with van der Waals surface area (Å²) in [5, 5.41) is 0. The predicted molar refractivity (Wildman–Crippen MR) is 78.2 cm³/mol. The Morgan fingerprint density at radius 3 is 2.41 bits per heavy atom. The Morgan fingerprint density at radius 1 is 1.05 bits per heavy atom. The van der Waals surface area contributed by atoms with E-state index in [0.717, 1.165) is 5.56 Å². The maximum Gasteiger partial charge on any atom is 0.341 e. The molecule has 0 radical (unpaired) electrons. The number of rotatable bonds is 5. The zero-order chi connectivity index (χ0) is 15.9. The topological polar surface area (TPSA) is 87.9 Å². The van der Waals surface area contributed by atoms with Crippen LogP contribution in [0, 0.1) is 0 Å². The van der Waals surface area contributed by atoms with Crippen molar-refractivity contribution in [2.75, 3.05) is 7.11 Å². The van der Waals surface area contributed by atoms with Crippen LogP contribution in [0.5, 0.6) is 5.75 Å². The molecule has 0 aromatic heterocycles. The molecule has 2 rings (SSSR count). The van der Waals surface area contributed by atoms with E-state index in [1.165, 1.54) is 25.3 Å². The highest BCUT2D eigenvalue weighted by Gasteiger charge is 2.17. The van der Waals surface area contributed by atoms with Crippen molar-refractivity contribution in [3.63, 3.8) is 0 Å². The first-order chi connectivity index (χ1) is 10.7. The van der Waals surface area contributed by atoms with E-state index in [4.69, 9.17) is 10.6 Å². The molecule has 0 amide bonds. The fourth-order valence-corrected chi connectivity index (χ4v) is 1.83. The van der Waals surface area contributed by atoms with E-state index in [2.05, 4.69) is 9.57 Å². The molecule has 0 unspecified atom stereocenters. The summed E-state index contributed by atoms with van der Waals surface area (Å²) in [4.78, 5) is 28.1. The smallest absolute Gasteiger partial charge is 0.341 e. The standard InChI is InChI=1S/C16H15NO5/c1-20-16(19)13-8-7-12(9-14(13)22-17)15(18)21-10-11-5-3-2-4-6-11/h2-9H,10,17H2,1H3. The first kappa shape index (κ1) is 15.5. The maximum atomic E-state index is 12.0. The molecule has 0 aliphatic heterocycles. The largest absolute Gasteiger partial charge is 0.465 e. The fourth-order valence-electron chi connectivity index (χ4n) is 1.83. The maximum absolute atomic E-state index is 12.0. The van der Waals surface area contributed by atoms with Gasteiger partial charge in [-0.3, -0.25) is 0 Å². The molecule has 0 aliphatic carbocycles. The molecule has 0 atom stereocenters. The van der Waals surface area contributed by atoms with Gasteiger partial charge in [0, 0.05) is 0 Å². The van der Waals surface area contributed by atoms with Crippen LogP contribution in [-0.4, -0.2) is 19.0 Å². The van der Waals surface area contributed by atoms with Crippen LogP contribution >= 0.6 is 0 Å². The van der Waals surface area contributed by atoms with Crippen LogP contribution < -0.4 is 10.7 Å². The number of carbonyl (C=O) groups is 2. The summed E-state index contributed by atoms with van der Waals surface area (Å²) < 4.78 is 9.78. The van der Waals surface area contributed by atoms with Gasteiger partial charge in [0.15, 0.2) is 5.75 Å². The van der Waals surface area contributed by atoms with E-state index < -0.39 is 11.9 Å². The molecular weight excluding hydrogens is 286 g/mol. The van der Waals surface area contributed by atoms with E-state index in [9.17, 15) is 9.59 Å². The van der Waals surface area contributed by atoms with Gasteiger partial charge in [0.25, 0.3) is 0 Å². The Bertz CT molecular complexity index is 669. The lowest BCUT2D eigenvalue weighted by Crippen LogP contribution is -2.12. The van der Waals surface area contributed by atoms with Gasteiger partial charge in [0.2, 0.25) is 0 Å². The molecule has 2 N–H and O–H groups in total. The van der Waals surface area contributed by atoms with E-state index in [0.29, 0.717) is 0 Å². The molecule has 0 heterocycles. The third-order valence-electron chi connectivity index (χ3n) is 2.96. The van der Waals surface area contributed by atoms with Gasteiger partial charge >= 0.3 is 11.9 Å². The van der Waals surface area contributed by atoms with Crippen molar-refractivity contribution in [3.8, 4) is 5.75 Å². The Balaban J connectivity index is 2.11. The summed E-state index contributed by atoms with van der Waals surface area (Å²) >= 11 is 0. The van der Waals surface area contributed by atoms with Crippen molar-refractivity contribution in [2.45, 2.75) is 6.61 Å². The third-order valence-corrected chi connectivity index (χ3v) is 2.96. The third kappa shape index (κ3) is 3.62. The Kier molecular flexibility index (Phi) is 5.11. The number of nitrogens with two attached hydrogens (primary N) is 1. The second-order valence-corrected chi connectivity index (χ2v) is 4.38. The van der Waals surface area contributed by atoms with Crippen LogP contribution in [0.1, 0.15) is 26.3 Å². The van der Waals surface area contributed by atoms with E-state index >= 15 is 0 Å². The van der Waals surface area contributed by atoms with Crippen LogP contribution in [0.3, 0.4) is 0 Å². The van der Waals surface area contributed by atoms with Crippen LogP contribution in [0.15, 0.2) is 48.5 Å². The minimum absolute atomic E-state index is 0.0426. The summed E-state index contributed by atoms with van der Waals surface area (Å²) in [6, 6.07) is 13.5. The highest BCUT2D eigenvalue weighted by molar-refractivity contribution is 5.96. The van der Waals surface area contributed by atoms with Gasteiger partial charge in [-0.25, -0.2) is 9.59 Å². The molecule has 2 aromatic carbocycles. The van der Waals surface area contributed by atoms with Crippen LogP contribution in [-0.2, 0) is 16.1 Å². The molecule has 6 heteroatoms. The summed E-state index contributed by atoms with van der Waals surface area (Å²) in [7, 11) is 1.24.